The van der Waals surface area contributed by atoms with Crippen molar-refractivity contribution in [3.05, 3.63) is 71.3 Å². The van der Waals surface area contributed by atoms with E-state index in [9.17, 15) is 17.6 Å². The molecule has 0 aromatic heterocycles. The zero-order valence-electron chi connectivity index (χ0n) is 15.1. The van der Waals surface area contributed by atoms with Crippen molar-refractivity contribution in [3.8, 4) is 5.75 Å². The largest absolute Gasteiger partial charge is 0.429 e. The van der Waals surface area contributed by atoms with E-state index < -0.39 is 23.3 Å². The number of hydrogen-bond acceptors (Lipinski definition) is 1. The second-order valence-corrected chi connectivity index (χ2v) is 7.20. The first-order valence-electron chi connectivity index (χ1n) is 9.14. The molecule has 3 rings (SSSR count). The zero-order chi connectivity index (χ0) is 19.4. The highest BCUT2D eigenvalue weighted by atomic mass is 19.3. The minimum atomic E-state index is -3.76. The van der Waals surface area contributed by atoms with Gasteiger partial charge in [0.05, 0.1) is 5.56 Å². The van der Waals surface area contributed by atoms with Crippen LogP contribution in [0.3, 0.4) is 0 Å². The van der Waals surface area contributed by atoms with E-state index in [4.69, 9.17) is 4.74 Å². The Hall–Kier alpha value is -2.30. The number of benzene rings is 2. The zero-order valence-corrected chi connectivity index (χ0v) is 15.1. The Bertz CT molecular complexity index is 790. The molecule has 1 aliphatic rings. The first-order chi connectivity index (χ1) is 12.8. The van der Waals surface area contributed by atoms with Gasteiger partial charge in [-0.3, -0.25) is 0 Å². The fraction of sp³-hybridized carbons (Fsp3) is 0.364. The van der Waals surface area contributed by atoms with Crippen LogP contribution in [0.1, 0.15) is 43.7 Å². The molecule has 2 aromatic carbocycles. The molecule has 1 saturated carbocycles. The SMILES string of the molecule is CC1CCC(/C=C/c2ccc(OC(F)(F)c3ccc(F)c(F)c3)cc2)CC1. The Kier molecular flexibility index (Phi) is 5.88. The molecule has 144 valence electrons. The number of hydrogen-bond donors (Lipinski definition) is 0. The lowest BCUT2D eigenvalue weighted by atomic mass is 9.83. The predicted octanol–water partition coefficient (Wildman–Crippen LogP) is 6.93. The normalized spacial score (nSPS) is 20.8. The molecule has 0 heterocycles. The average Bonchev–Trinajstić information content (AvgIpc) is 2.64. The summed E-state index contributed by atoms with van der Waals surface area (Å²) in [5.41, 5.74) is 0.161. The van der Waals surface area contributed by atoms with Gasteiger partial charge >= 0.3 is 6.11 Å². The molecule has 0 spiro atoms. The van der Waals surface area contributed by atoms with Crippen LogP contribution < -0.4 is 4.74 Å². The van der Waals surface area contributed by atoms with Crippen molar-refractivity contribution in [1.82, 2.24) is 0 Å². The van der Waals surface area contributed by atoms with E-state index in [1.807, 2.05) is 6.08 Å². The Balaban J connectivity index is 1.63. The van der Waals surface area contributed by atoms with Crippen molar-refractivity contribution in [2.45, 2.75) is 38.7 Å². The Labute approximate surface area is 156 Å². The molecule has 0 N–H and O–H groups in total. The molecule has 1 nitrogen and oxygen atoms in total. The second kappa shape index (κ2) is 8.15. The van der Waals surface area contributed by atoms with Gasteiger partial charge in [-0.1, -0.05) is 44.1 Å². The van der Waals surface area contributed by atoms with Crippen molar-refractivity contribution in [2.24, 2.45) is 11.8 Å². The third kappa shape index (κ3) is 5.12. The molecule has 0 aliphatic heterocycles. The number of halogens is 4. The Morgan fingerprint density at radius 3 is 2.22 bits per heavy atom. The first-order valence-corrected chi connectivity index (χ1v) is 9.14. The number of alkyl halides is 2. The highest BCUT2D eigenvalue weighted by Gasteiger charge is 2.35. The molecule has 5 heteroatoms. The van der Waals surface area contributed by atoms with Crippen molar-refractivity contribution in [3.63, 3.8) is 0 Å². The minimum absolute atomic E-state index is 0.0478. The van der Waals surface area contributed by atoms with Crippen LogP contribution in [0.25, 0.3) is 6.08 Å². The fourth-order valence-electron chi connectivity index (χ4n) is 3.26. The highest BCUT2D eigenvalue weighted by Crippen LogP contribution is 2.33. The van der Waals surface area contributed by atoms with E-state index in [0.717, 1.165) is 17.5 Å². The van der Waals surface area contributed by atoms with Gasteiger partial charge in [0, 0.05) is 0 Å². The van der Waals surface area contributed by atoms with Crippen LogP contribution in [0, 0.1) is 23.5 Å². The van der Waals surface area contributed by atoms with Crippen molar-refractivity contribution in [1.29, 1.82) is 0 Å². The van der Waals surface area contributed by atoms with Gasteiger partial charge in [0.1, 0.15) is 5.75 Å². The molecule has 0 atom stereocenters. The van der Waals surface area contributed by atoms with Gasteiger partial charge in [-0.2, -0.15) is 8.78 Å². The van der Waals surface area contributed by atoms with Crippen LogP contribution in [0.2, 0.25) is 0 Å². The third-order valence-corrected chi connectivity index (χ3v) is 5.00. The van der Waals surface area contributed by atoms with Crippen LogP contribution in [0.5, 0.6) is 5.75 Å². The summed E-state index contributed by atoms with van der Waals surface area (Å²) in [5, 5.41) is 0. The van der Waals surface area contributed by atoms with Crippen molar-refractivity contribution in [2.75, 3.05) is 0 Å². The smallest absolute Gasteiger partial charge is 0.426 e. The quantitative estimate of drug-likeness (QED) is 0.513. The monoisotopic (exact) mass is 378 g/mol. The summed E-state index contributed by atoms with van der Waals surface area (Å²) in [6.07, 6.45) is 5.25. The van der Waals surface area contributed by atoms with Crippen molar-refractivity contribution < 1.29 is 22.3 Å². The summed E-state index contributed by atoms with van der Waals surface area (Å²) < 4.78 is 59.1. The summed E-state index contributed by atoms with van der Waals surface area (Å²) in [6, 6.07) is 8.17. The summed E-state index contributed by atoms with van der Waals surface area (Å²) in [6.45, 7) is 2.27. The summed E-state index contributed by atoms with van der Waals surface area (Å²) in [5.74, 6) is -1.21. The maximum Gasteiger partial charge on any atom is 0.426 e. The molecule has 0 saturated heterocycles. The van der Waals surface area contributed by atoms with Crippen LogP contribution in [-0.4, -0.2) is 0 Å². The fourth-order valence-corrected chi connectivity index (χ4v) is 3.26. The third-order valence-electron chi connectivity index (χ3n) is 5.00. The van der Waals surface area contributed by atoms with Crippen LogP contribution >= 0.6 is 0 Å². The van der Waals surface area contributed by atoms with E-state index >= 15 is 0 Å². The maximum atomic E-state index is 14.2. The molecular weight excluding hydrogens is 356 g/mol. The maximum absolute atomic E-state index is 14.2. The van der Waals surface area contributed by atoms with Gasteiger partial charge in [-0.05, 0) is 60.6 Å². The Morgan fingerprint density at radius 1 is 0.926 bits per heavy atom. The van der Waals surface area contributed by atoms with Crippen LogP contribution in [0.4, 0.5) is 17.6 Å². The van der Waals surface area contributed by atoms with Gasteiger partial charge in [0.25, 0.3) is 0 Å². The lowest BCUT2D eigenvalue weighted by Gasteiger charge is -2.23. The lowest BCUT2D eigenvalue weighted by molar-refractivity contribution is -0.185. The van der Waals surface area contributed by atoms with Gasteiger partial charge in [0.15, 0.2) is 11.6 Å². The van der Waals surface area contributed by atoms with E-state index in [-0.39, 0.29) is 5.75 Å². The van der Waals surface area contributed by atoms with Crippen LogP contribution in [-0.2, 0) is 6.11 Å². The molecule has 2 aromatic rings. The summed E-state index contributed by atoms with van der Waals surface area (Å²) in [7, 11) is 0. The highest BCUT2D eigenvalue weighted by molar-refractivity contribution is 5.51. The minimum Gasteiger partial charge on any atom is -0.429 e. The topological polar surface area (TPSA) is 9.23 Å². The van der Waals surface area contributed by atoms with E-state index in [1.54, 1.807) is 12.1 Å². The van der Waals surface area contributed by atoms with Crippen molar-refractivity contribution >= 4 is 6.08 Å². The van der Waals surface area contributed by atoms with Gasteiger partial charge in [-0.15, -0.1) is 0 Å². The number of ether oxygens (including phenoxy) is 1. The second-order valence-electron chi connectivity index (χ2n) is 7.20. The predicted molar refractivity (Wildman–Crippen MR) is 97.5 cm³/mol. The molecule has 0 unspecified atom stereocenters. The standard InChI is InChI=1S/C22H22F4O/c1-15-2-4-16(5-3-15)6-7-17-8-11-19(12-9-17)27-22(25,26)18-10-13-20(23)21(24)14-18/h6-16H,2-5H2,1H3/b7-6+. The molecule has 1 aliphatic carbocycles. The van der Waals surface area contributed by atoms with E-state index in [1.165, 1.54) is 37.8 Å². The van der Waals surface area contributed by atoms with Gasteiger partial charge < -0.3 is 4.74 Å². The molecule has 0 bridgehead atoms. The van der Waals surface area contributed by atoms with Crippen LogP contribution in [0.15, 0.2) is 48.5 Å². The lowest BCUT2D eigenvalue weighted by Crippen LogP contribution is -2.22. The Morgan fingerprint density at radius 2 is 1.59 bits per heavy atom. The molecule has 0 amide bonds. The summed E-state index contributed by atoms with van der Waals surface area (Å²) >= 11 is 0. The number of rotatable bonds is 5. The first kappa shape index (κ1) is 19.5. The van der Waals surface area contributed by atoms with E-state index in [2.05, 4.69) is 13.0 Å². The molecule has 0 radical (unpaired) electrons. The molecule has 1 fully saturated rings. The summed E-state index contributed by atoms with van der Waals surface area (Å²) in [4.78, 5) is 0. The van der Waals surface area contributed by atoms with Gasteiger partial charge in [-0.25, -0.2) is 8.78 Å². The molecular formula is C22H22F4O. The number of allylic oxidation sites excluding steroid dienone is 1. The van der Waals surface area contributed by atoms with Gasteiger partial charge in [0.2, 0.25) is 0 Å². The molecule has 27 heavy (non-hydrogen) atoms. The van der Waals surface area contributed by atoms with E-state index in [0.29, 0.717) is 18.1 Å². The average molecular weight is 378 g/mol.